The first-order chi connectivity index (χ1) is 13.8. The molecule has 1 aliphatic heterocycles. The van der Waals surface area contributed by atoms with Crippen LogP contribution in [0.15, 0.2) is 36.5 Å². The number of carbonyl (C=O) groups is 2. The maximum absolute atomic E-state index is 11.2. The van der Waals surface area contributed by atoms with Crippen LogP contribution in [0.4, 0.5) is 11.4 Å². The van der Waals surface area contributed by atoms with Crippen LogP contribution in [0, 0.1) is 18.8 Å². The van der Waals surface area contributed by atoms with E-state index in [1.807, 2.05) is 31.2 Å². The van der Waals surface area contributed by atoms with Crippen molar-refractivity contribution in [1.29, 1.82) is 0 Å². The van der Waals surface area contributed by atoms with Gasteiger partial charge in [-0.15, -0.1) is 0 Å². The van der Waals surface area contributed by atoms with Crippen molar-refractivity contribution in [2.24, 2.45) is 17.6 Å². The molecule has 0 radical (unpaired) electrons. The monoisotopic (exact) mass is 396 g/mol. The molecule has 1 fully saturated rings. The number of aldehydes is 1. The number of amides is 1. The van der Waals surface area contributed by atoms with Crippen molar-refractivity contribution in [1.82, 2.24) is 4.98 Å². The smallest absolute Gasteiger partial charge is 0.248 e. The number of nitrogen functional groups attached to an aromatic ring is 1. The van der Waals surface area contributed by atoms with Gasteiger partial charge in [-0.2, -0.15) is 0 Å². The SMILES string of the molecule is CC1Cc2cc(C(N)=O)ccc2N(C)[C@H]1C1CC1.CC=O.Cc1ccc(N)cn1. The van der Waals surface area contributed by atoms with Gasteiger partial charge in [-0.25, -0.2) is 0 Å². The third-order valence-electron chi connectivity index (χ3n) is 5.36. The van der Waals surface area contributed by atoms with Crippen LogP contribution < -0.4 is 16.4 Å². The Morgan fingerprint density at radius 3 is 2.38 bits per heavy atom. The first kappa shape index (κ1) is 22.4. The van der Waals surface area contributed by atoms with E-state index in [-0.39, 0.29) is 5.91 Å². The van der Waals surface area contributed by atoms with Gasteiger partial charge in [-0.3, -0.25) is 9.78 Å². The number of rotatable bonds is 2. The molecule has 2 aliphatic rings. The summed E-state index contributed by atoms with van der Waals surface area (Å²) in [5.74, 6) is 1.18. The summed E-state index contributed by atoms with van der Waals surface area (Å²) in [6.07, 6.45) is 6.19. The summed E-state index contributed by atoms with van der Waals surface area (Å²) in [4.78, 5) is 26.4. The minimum absolute atomic E-state index is 0.336. The Bertz CT molecular complexity index is 810. The number of pyridine rings is 1. The standard InChI is InChI=1S/C15H20N2O.C6H8N2.C2H4O/c1-9-7-12-8-11(15(16)18)5-6-13(12)17(2)14(9)10-3-4-10;1-5-2-3-6(7)4-8-5;1-2-3/h5-6,8-10,14H,3-4,7H2,1-2H3,(H2,16,18);2-4H,7H2,1H3;2H,1H3/t9?,14-;;/m1../s1. The first-order valence-corrected chi connectivity index (χ1v) is 10.0. The van der Waals surface area contributed by atoms with Crippen LogP contribution in [-0.4, -0.2) is 30.3 Å². The molecule has 6 nitrogen and oxygen atoms in total. The van der Waals surface area contributed by atoms with Gasteiger partial charge < -0.3 is 21.2 Å². The number of nitrogens with two attached hydrogens (primary N) is 2. The summed E-state index contributed by atoms with van der Waals surface area (Å²) in [5, 5.41) is 0. The van der Waals surface area contributed by atoms with Gasteiger partial charge in [0, 0.05) is 30.0 Å². The van der Waals surface area contributed by atoms with E-state index in [0.717, 1.165) is 30.0 Å². The minimum Gasteiger partial charge on any atom is -0.397 e. The molecule has 0 saturated heterocycles. The Morgan fingerprint density at radius 2 is 1.90 bits per heavy atom. The fourth-order valence-corrected chi connectivity index (χ4v) is 3.95. The molecule has 1 amide bonds. The normalized spacial score (nSPS) is 19.7. The number of aromatic nitrogens is 1. The van der Waals surface area contributed by atoms with Gasteiger partial charge in [0.05, 0.1) is 11.9 Å². The number of fused-ring (bicyclic) bond motifs is 1. The second-order valence-electron chi connectivity index (χ2n) is 7.80. The summed E-state index contributed by atoms with van der Waals surface area (Å²) < 4.78 is 0. The molecule has 1 aromatic carbocycles. The highest BCUT2D eigenvalue weighted by atomic mass is 16.1. The molecule has 4 rings (SSSR count). The first-order valence-electron chi connectivity index (χ1n) is 10.0. The molecule has 2 heterocycles. The Morgan fingerprint density at radius 1 is 1.24 bits per heavy atom. The lowest BCUT2D eigenvalue weighted by molar-refractivity contribution is -0.106. The lowest BCUT2D eigenvalue weighted by atomic mass is 9.84. The van der Waals surface area contributed by atoms with Crippen molar-refractivity contribution in [3.05, 3.63) is 53.3 Å². The summed E-state index contributed by atoms with van der Waals surface area (Å²) in [6.45, 7) is 5.69. The maximum atomic E-state index is 11.2. The number of nitrogens with zero attached hydrogens (tertiary/aromatic N) is 2. The molecular weight excluding hydrogens is 364 g/mol. The van der Waals surface area contributed by atoms with E-state index in [4.69, 9.17) is 16.3 Å². The second kappa shape index (κ2) is 10.0. The molecule has 4 N–H and O–H groups in total. The van der Waals surface area contributed by atoms with Crippen molar-refractivity contribution in [3.8, 4) is 0 Å². The third kappa shape index (κ3) is 6.04. The van der Waals surface area contributed by atoms with E-state index in [0.29, 0.717) is 17.5 Å². The van der Waals surface area contributed by atoms with Crippen LogP contribution >= 0.6 is 0 Å². The van der Waals surface area contributed by atoms with Crippen molar-refractivity contribution in [3.63, 3.8) is 0 Å². The molecule has 29 heavy (non-hydrogen) atoms. The molecular formula is C23H32N4O2. The largest absolute Gasteiger partial charge is 0.397 e. The Labute approximate surface area is 173 Å². The highest BCUT2D eigenvalue weighted by Gasteiger charge is 2.40. The predicted octanol–water partition coefficient (Wildman–Crippen LogP) is 3.37. The maximum Gasteiger partial charge on any atom is 0.248 e. The molecule has 1 aliphatic carbocycles. The molecule has 1 unspecified atom stereocenters. The molecule has 6 heteroatoms. The zero-order valence-corrected chi connectivity index (χ0v) is 17.8. The zero-order chi connectivity index (χ0) is 21.6. The predicted molar refractivity (Wildman–Crippen MR) is 118 cm³/mol. The van der Waals surface area contributed by atoms with Crippen LogP contribution in [0.25, 0.3) is 0 Å². The lowest BCUT2D eigenvalue weighted by Gasteiger charge is -2.41. The number of anilines is 2. The molecule has 1 saturated carbocycles. The fourth-order valence-electron chi connectivity index (χ4n) is 3.95. The molecule has 0 spiro atoms. The molecule has 1 aromatic heterocycles. The summed E-state index contributed by atoms with van der Waals surface area (Å²) >= 11 is 0. The van der Waals surface area contributed by atoms with Crippen LogP contribution in [0.3, 0.4) is 0 Å². The Kier molecular flexibility index (Phi) is 7.76. The van der Waals surface area contributed by atoms with Crippen LogP contribution in [-0.2, 0) is 11.2 Å². The van der Waals surface area contributed by atoms with E-state index in [1.54, 1.807) is 6.20 Å². The number of benzene rings is 1. The molecule has 156 valence electrons. The quantitative estimate of drug-likeness (QED) is 0.758. The number of hydrogen-bond donors (Lipinski definition) is 2. The van der Waals surface area contributed by atoms with Crippen LogP contribution in [0.2, 0.25) is 0 Å². The number of primary amides is 1. The lowest BCUT2D eigenvalue weighted by Crippen LogP contribution is -2.43. The molecule has 2 aromatic rings. The van der Waals surface area contributed by atoms with Crippen molar-refractivity contribution < 1.29 is 9.59 Å². The van der Waals surface area contributed by atoms with Gasteiger partial charge in [0.2, 0.25) is 5.91 Å². The second-order valence-corrected chi connectivity index (χ2v) is 7.80. The van der Waals surface area contributed by atoms with E-state index >= 15 is 0 Å². The summed E-state index contributed by atoms with van der Waals surface area (Å²) in [5.41, 5.74) is 15.6. The van der Waals surface area contributed by atoms with Crippen molar-refractivity contribution in [2.45, 2.75) is 46.1 Å². The van der Waals surface area contributed by atoms with Gasteiger partial charge in [0.1, 0.15) is 6.29 Å². The van der Waals surface area contributed by atoms with Gasteiger partial charge in [-0.05, 0) is 80.8 Å². The molecule has 2 atom stereocenters. The van der Waals surface area contributed by atoms with E-state index in [1.165, 1.54) is 31.0 Å². The molecule has 0 bridgehead atoms. The highest BCUT2D eigenvalue weighted by Crippen LogP contribution is 2.44. The highest BCUT2D eigenvalue weighted by molar-refractivity contribution is 5.93. The Balaban J connectivity index is 0.000000228. The average molecular weight is 397 g/mol. The zero-order valence-electron chi connectivity index (χ0n) is 17.8. The van der Waals surface area contributed by atoms with E-state index in [9.17, 15) is 4.79 Å². The van der Waals surface area contributed by atoms with Crippen molar-refractivity contribution >= 4 is 23.6 Å². The van der Waals surface area contributed by atoms with E-state index in [2.05, 4.69) is 29.9 Å². The van der Waals surface area contributed by atoms with Gasteiger partial charge >= 0.3 is 0 Å². The fraction of sp³-hybridized carbons (Fsp3) is 0.435. The van der Waals surface area contributed by atoms with Gasteiger partial charge in [-0.1, -0.05) is 6.92 Å². The topological polar surface area (TPSA) is 102 Å². The summed E-state index contributed by atoms with van der Waals surface area (Å²) in [7, 11) is 2.18. The van der Waals surface area contributed by atoms with Crippen LogP contribution in [0.1, 0.15) is 48.3 Å². The number of carbonyl (C=O) groups excluding carboxylic acids is 2. The van der Waals surface area contributed by atoms with Gasteiger partial charge in [0.15, 0.2) is 0 Å². The minimum atomic E-state index is -0.336. The van der Waals surface area contributed by atoms with Crippen LogP contribution in [0.5, 0.6) is 0 Å². The Hall–Kier alpha value is -2.89. The number of hydrogen-bond acceptors (Lipinski definition) is 5. The third-order valence-corrected chi connectivity index (χ3v) is 5.36. The van der Waals surface area contributed by atoms with Gasteiger partial charge in [0.25, 0.3) is 0 Å². The number of aryl methyl sites for hydroxylation is 1. The summed E-state index contributed by atoms with van der Waals surface area (Å²) in [6, 6.07) is 10.2. The average Bonchev–Trinajstić information content (AvgIpc) is 3.50. The van der Waals surface area contributed by atoms with Crippen molar-refractivity contribution in [2.75, 3.05) is 17.7 Å². The van der Waals surface area contributed by atoms with E-state index < -0.39 is 0 Å².